The number of hydrogen-bond acceptors (Lipinski definition) is 3. The van der Waals surface area contributed by atoms with Gasteiger partial charge in [-0.2, -0.15) is 0 Å². The van der Waals surface area contributed by atoms with Crippen LogP contribution in [0, 0.1) is 0 Å². The Hall–Kier alpha value is -0.610. The van der Waals surface area contributed by atoms with Crippen LogP contribution in [0.1, 0.15) is 51.9 Å². The minimum atomic E-state index is -0.136. The monoisotopic (exact) mass is 263 g/mol. The molecule has 0 radical (unpaired) electrons. The summed E-state index contributed by atoms with van der Waals surface area (Å²) in [6.45, 7) is 4.65. The van der Waals surface area contributed by atoms with Gasteiger partial charge in [-0.15, -0.1) is 0 Å². The first-order chi connectivity index (χ1) is 9.25. The van der Waals surface area contributed by atoms with Gasteiger partial charge in [-0.1, -0.05) is 13.3 Å². The van der Waals surface area contributed by atoms with Gasteiger partial charge in [-0.05, 0) is 45.1 Å². The maximum absolute atomic E-state index is 12.8. The van der Waals surface area contributed by atoms with Gasteiger partial charge >= 0.3 is 0 Å². The van der Waals surface area contributed by atoms with E-state index in [-0.39, 0.29) is 5.54 Å². The second-order valence-corrected chi connectivity index (χ2v) is 6.82. The molecule has 1 saturated carbocycles. The molecule has 0 aromatic heterocycles. The fourth-order valence-corrected chi connectivity index (χ4v) is 4.55. The Kier molecular flexibility index (Phi) is 2.68. The van der Waals surface area contributed by atoms with Gasteiger partial charge in [0.2, 0.25) is 5.91 Å². The molecule has 1 aliphatic carbocycles. The van der Waals surface area contributed by atoms with Gasteiger partial charge in [0.25, 0.3) is 0 Å². The SMILES string of the molecule is CCC1NC2(CC2)C(=O)N1C1CCN2CCCCC12. The predicted octanol–water partition coefficient (Wildman–Crippen LogP) is 1.31. The number of hydrogen-bond donors (Lipinski definition) is 1. The van der Waals surface area contributed by atoms with Crippen molar-refractivity contribution in [1.29, 1.82) is 0 Å². The number of nitrogens with one attached hydrogen (secondary N) is 1. The lowest BCUT2D eigenvalue weighted by Gasteiger charge is -2.38. The quantitative estimate of drug-likeness (QED) is 0.816. The van der Waals surface area contributed by atoms with Crippen LogP contribution >= 0.6 is 0 Å². The molecule has 4 nitrogen and oxygen atoms in total. The van der Waals surface area contributed by atoms with Crippen molar-refractivity contribution in [2.75, 3.05) is 13.1 Å². The normalized spacial score (nSPS) is 41.0. The zero-order valence-electron chi connectivity index (χ0n) is 11.9. The molecule has 4 heteroatoms. The van der Waals surface area contributed by atoms with Gasteiger partial charge in [0.1, 0.15) is 0 Å². The van der Waals surface area contributed by atoms with Crippen molar-refractivity contribution < 1.29 is 4.79 Å². The zero-order chi connectivity index (χ0) is 13.0. The second kappa shape index (κ2) is 4.19. The Bertz CT molecular complexity index is 393. The van der Waals surface area contributed by atoms with E-state index in [0.717, 1.165) is 19.3 Å². The third kappa shape index (κ3) is 1.69. The first-order valence-electron chi connectivity index (χ1n) is 8.10. The highest BCUT2D eigenvalue weighted by molar-refractivity contribution is 5.92. The van der Waals surface area contributed by atoms with E-state index in [0.29, 0.717) is 24.2 Å². The standard InChI is InChI=1S/C15H25N3O/c1-2-13-16-15(7-8-15)14(19)18(13)12-6-10-17-9-4-3-5-11(12)17/h11-13,16H,2-10H2,1H3. The van der Waals surface area contributed by atoms with Gasteiger partial charge in [0.05, 0.1) is 17.7 Å². The lowest BCUT2D eigenvalue weighted by molar-refractivity contribution is -0.133. The average Bonchev–Trinajstić information content (AvgIpc) is 3.02. The summed E-state index contributed by atoms with van der Waals surface area (Å²) in [7, 11) is 0. The highest BCUT2D eigenvalue weighted by Crippen LogP contribution is 2.45. The highest BCUT2D eigenvalue weighted by atomic mass is 16.2. The molecule has 1 spiro atoms. The predicted molar refractivity (Wildman–Crippen MR) is 73.6 cm³/mol. The van der Waals surface area contributed by atoms with Crippen LogP contribution in [0.25, 0.3) is 0 Å². The molecule has 106 valence electrons. The van der Waals surface area contributed by atoms with Crippen molar-refractivity contribution in [3.63, 3.8) is 0 Å². The molecule has 4 fully saturated rings. The number of carbonyl (C=O) groups excluding carboxylic acids is 1. The largest absolute Gasteiger partial charge is 0.321 e. The third-order valence-electron chi connectivity index (χ3n) is 5.74. The maximum Gasteiger partial charge on any atom is 0.244 e. The third-order valence-corrected chi connectivity index (χ3v) is 5.74. The summed E-state index contributed by atoms with van der Waals surface area (Å²) in [5.74, 6) is 0.414. The summed E-state index contributed by atoms with van der Waals surface area (Å²) < 4.78 is 0. The van der Waals surface area contributed by atoms with Gasteiger partial charge in [-0.25, -0.2) is 0 Å². The summed E-state index contributed by atoms with van der Waals surface area (Å²) >= 11 is 0. The molecule has 3 saturated heterocycles. The molecule has 3 unspecified atom stereocenters. The van der Waals surface area contributed by atoms with Crippen molar-refractivity contribution in [2.24, 2.45) is 0 Å². The van der Waals surface area contributed by atoms with Crippen molar-refractivity contribution in [3.05, 3.63) is 0 Å². The summed E-state index contributed by atoms with van der Waals surface area (Å²) in [5, 5.41) is 3.62. The molecule has 19 heavy (non-hydrogen) atoms. The Morgan fingerprint density at radius 3 is 2.79 bits per heavy atom. The molecule has 0 bridgehead atoms. The van der Waals surface area contributed by atoms with Crippen molar-refractivity contribution in [1.82, 2.24) is 15.1 Å². The molecule has 0 aromatic carbocycles. The molecular formula is C15H25N3O. The first-order valence-corrected chi connectivity index (χ1v) is 8.10. The van der Waals surface area contributed by atoms with E-state index in [9.17, 15) is 4.79 Å². The lowest BCUT2D eigenvalue weighted by atomic mass is 9.97. The summed E-state index contributed by atoms with van der Waals surface area (Å²) in [6.07, 6.45) is 8.60. The second-order valence-electron chi connectivity index (χ2n) is 6.82. The van der Waals surface area contributed by atoms with Gasteiger partial charge in [-0.3, -0.25) is 15.0 Å². The molecule has 4 aliphatic rings. The van der Waals surface area contributed by atoms with E-state index >= 15 is 0 Å². The van der Waals surface area contributed by atoms with Crippen LogP contribution in [0.3, 0.4) is 0 Å². The molecule has 3 atom stereocenters. The molecule has 1 N–H and O–H groups in total. The molecule has 4 rings (SSSR count). The van der Waals surface area contributed by atoms with Gasteiger partial charge in [0, 0.05) is 12.6 Å². The molecule has 3 heterocycles. The average molecular weight is 263 g/mol. The van der Waals surface area contributed by atoms with Crippen LogP contribution in [0.5, 0.6) is 0 Å². The van der Waals surface area contributed by atoms with E-state index in [1.165, 1.54) is 38.8 Å². The first kappa shape index (κ1) is 12.2. The van der Waals surface area contributed by atoms with Crippen LogP contribution in [-0.4, -0.2) is 52.6 Å². The lowest BCUT2D eigenvalue weighted by Crippen LogP contribution is -2.51. The number of amides is 1. The number of nitrogens with zero attached hydrogens (tertiary/aromatic N) is 2. The Labute approximate surface area is 115 Å². The van der Waals surface area contributed by atoms with Crippen LogP contribution in [0.4, 0.5) is 0 Å². The Morgan fingerprint density at radius 2 is 2.05 bits per heavy atom. The number of rotatable bonds is 2. The maximum atomic E-state index is 12.8. The van der Waals surface area contributed by atoms with E-state index < -0.39 is 0 Å². The smallest absolute Gasteiger partial charge is 0.244 e. The van der Waals surface area contributed by atoms with Gasteiger partial charge < -0.3 is 4.90 Å². The number of piperidine rings is 1. The fraction of sp³-hybridized carbons (Fsp3) is 0.933. The van der Waals surface area contributed by atoms with Crippen molar-refractivity contribution in [2.45, 2.75) is 75.7 Å². The summed E-state index contributed by atoms with van der Waals surface area (Å²) in [4.78, 5) is 17.6. The van der Waals surface area contributed by atoms with Crippen LogP contribution in [-0.2, 0) is 4.79 Å². The Balaban J connectivity index is 1.58. The number of fused-ring (bicyclic) bond motifs is 1. The molecule has 1 amide bonds. The van der Waals surface area contributed by atoms with E-state index in [1.807, 2.05) is 0 Å². The Morgan fingerprint density at radius 1 is 1.21 bits per heavy atom. The van der Waals surface area contributed by atoms with Crippen molar-refractivity contribution >= 4 is 5.91 Å². The van der Waals surface area contributed by atoms with E-state index in [4.69, 9.17) is 0 Å². The fourth-order valence-electron chi connectivity index (χ4n) is 4.55. The number of carbonyl (C=O) groups is 1. The summed E-state index contributed by atoms with van der Waals surface area (Å²) in [5.41, 5.74) is -0.136. The van der Waals surface area contributed by atoms with Crippen LogP contribution < -0.4 is 5.32 Å². The highest BCUT2D eigenvalue weighted by Gasteiger charge is 2.61. The molecule has 0 aromatic rings. The minimum Gasteiger partial charge on any atom is -0.321 e. The minimum absolute atomic E-state index is 0.136. The van der Waals surface area contributed by atoms with Gasteiger partial charge in [0.15, 0.2) is 0 Å². The summed E-state index contributed by atoms with van der Waals surface area (Å²) in [6, 6.07) is 1.12. The topological polar surface area (TPSA) is 35.6 Å². The molecule has 3 aliphatic heterocycles. The van der Waals surface area contributed by atoms with Crippen molar-refractivity contribution in [3.8, 4) is 0 Å². The van der Waals surface area contributed by atoms with E-state index in [2.05, 4.69) is 22.0 Å². The molecular weight excluding hydrogens is 238 g/mol. The van der Waals surface area contributed by atoms with E-state index in [1.54, 1.807) is 0 Å². The van der Waals surface area contributed by atoms with Crippen LogP contribution in [0.15, 0.2) is 0 Å². The van der Waals surface area contributed by atoms with Crippen LogP contribution in [0.2, 0.25) is 0 Å². The zero-order valence-corrected chi connectivity index (χ0v) is 11.9.